The van der Waals surface area contributed by atoms with Gasteiger partial charge in [0.05, 0.1) is 18.4 Å². The van der Waals surface area contributed by atoms with Gasteiger partial charge in [0.15, 0.2) is 0 Å². The van der Waals surface area contributed by atoms with E-state index in [2.05, 4.69) is 4.74 Å². The highest BCUT2D eigenvalue weighted by Gasteiger charge is 2.22. The number of ether oxygens (including phenoxy) is 1. The van der Waals surface area contributed by atoms with Gasteiger partial charge in [0.25, 0.3) is 0 Å². The first-order valence-electron chi connectivity index (χ1n) is 6.71. The summed E-state index contributed by atoms with van der Waals surface area (Å²) in [7, 11) is -0.932. The topological polar surface area (TPSA) is 89.7 Å². The van der Waals surface area contributed by atoms with Crippen molar-refractivity contribution in [3.8, 4) is 0 Å². The van der Waals surface area contributed by atoms with Gasteiger partial charge in [-0.1, -0.05) is 19.1 Å². The van der Waals surface area contributed by atoms with Crippen LogP contribution in [0.1, 0.15) is 31.4 Å². The fourth-order valence-electron chi connectivity index (χ4n) is 1.79. The van der Waals surface area contributed by atoms with Crippen molar-refractivity contribution in [2.75, 3.05) is 20.7 Å². The molecule has 0 spiro atoms. The highest BCUT2D eigenvalue weighted by molar-refractivity contribution is 7.89. The molecule has 0 heterocycles. The minimum absolute atomic E-state index is 0.0143. The number of benzene rings is 1. The summed E-state index contributed by atoms with van der Waals surface area (Å²) >= 11 is 0. The number of hydrogen-bond donors (Lipinski definition) is 1. The molecule has 21 heavy (non-hydrogen) atoms. The molecule has 0 radical (unpaired) electrons. The maximum atomic E-state index is 12.4. The Morgan fingerprint density at radius 3 is 2.67 bits per heavy atom. The van der Waals surface area contributed by atoms with Crippen LogP contribution in [0.5, 0.6) is 0 Å². The first kappa shape index (κ1) is 17.6. The molecule has 1 atom stereocenters. The fourth-order valence-corrected chi connectivity index (χ4v) is 3.02. The van der Waals surface area contributed by atoms with E-state index in [1.165, 1.54) is 20.2 Å². The molecule has 118 valence electrons. The predicted octanol–water partition coefficient (Wildman–Crippen LogP) is 1.28. The van der Waals surface area contributed by atoms with Gasteiger partial charge in [0.2, 0.25) is 10.0 Å². The summed E-state index contributed by atoms with van der Waals surface area (Å²) < 4.78 is 30.5. The summed E-state index contributed by atoms with van der Waals surface area (Å²) in [4.78, 5) is 11.3. The van der Waals surface area contributed by atoms with Crippen molar-refractivity contribution in [2.45, 2.75) is 30.7 Å². The first-order chi connectivity index (χ1) is 9.82. The summed E-state index contributed by atoms with van der Waals surface area (Å²) in [6.45, 7) is 2.01. The van der Waals surface area contributed by atoms with E-state index in [1.807, 2.05) is 13.0 Å². The minimum atomic E-state index is -3.64. The van der Waals surface area contributed by atoms with E-state index in [-0.39, 0.29) is 23.9 Å². The number of carbonyl (C=O) groups is 1. The number of rotatable bonds is 7. The highest BCUT2D eigenvalue weighted by Crippen LogP contribution is 2.20. The van der Waals surface area contributed by atoms with Gasteiger partial charge in [-0.2, -0.15) is 0 Å². The number of nitrogens with zero attached hydrogens (tertiary/aromatic N) is 1. The van der Waals surface area contributed by atoms with Crippen LogP contribution < -0.4 is 5.73 Å². The Labute approximate surface area is 125 Å². The predicted molar refractivity (Wildman–Crippen MR) is 80.1 cm³/mol. The second-order valence-corrected chi connectivity index (χ2v) is 6.78. The third kappa shape index (κ3) is 4.52. The van der Waals surface area contributed by atoms with E-state index in [9.17, 15) is 13.2 Å². The van der Waals surface area contributed by atoms with Gasteiger partial charge in [0.1, 0.15) is 0 Å². The van der Waals surface area contributed by atoms with Crippen LogP contribution in [0.3, 0.4) is 0 Å². The summed E-state index contributed by atoms with van der Waals surface area (Å²) in [5.41, 5.74) is 6.71. The van der Waals surface area contributed by atoms with Crippen LogP contribution >= 0.6 is 0 Å². The molecule has 0 aromatic heterocycles. The molecular formula is C14H22N2O4S. The Morgan fingerprint density at radius 2 is 2.10 bits per heavy atom. The molecular weight excluding hydrogens is 292 g/mol. The lowest BCUT2D eigenvalue weighted by molar-refractivity contribution is -0.140. The van der Waals surface area contributed by atoms with E-state index in [0.29, 0.717) is 0 Å². The van der Waals surface area contributed by atoms with Crippen molar-refractivity contribution in [2.24, 2.45) is 5.73 Å². The Bertz CT molecular complexity index is 586. The number of carbonyl (C=O) groups excluding carboxylic acids is 1. The van der Waals surface area contributed by atoms with Crippen molar-refractivity contribution < 1.29 is 17.9 Å². The first-order valence-corrected chi connectivity index (χ1v) is 8.15. The van der Waals surface area contributed by atoms with E-state index in [4.69, 9.17) is 5.73 Å². The number of esters is 1. The molecule has 0 saturated carbocycles. The number of nitrogens with two attached hydrogens (primary N) is 1. The molecule has 0 fully saturated rings. The van der Waals surface area contributed by atoms with E-state index in [0.717, 1.165) is 16.3 Å². The quantitative estimate of drug-likeness (QED) is 0.766. The zero-order valence-corrected chi connectivity index (χ0v) is 13.4. The maximum absolute atomic E-state index is 12.4. The average Bonchev–Trinajstić information content (AvgIpc) is 2.51. The third-order valence-electron chi connectivity index (χ3n) is 3.29. The van der Waals surface area contributed by atoms with Crippen molar-refractivity contribution in [3.05, 3.63) is 29.8 Å². The standard InChI is InChI=1S/C14H22N2O4S/c1-4-13(15)11-6-5-7-12(10-11)21(18,19)16(2)9-8-14(17)20-3/h5-7,10,13H,4,8-9,15H2,1-3H3. The summed E-state index contributed by atoms with van der Waals surface area (Å²) in [6, 6.07) is 6.39. The van der Waals surface area contributed by atoms with Gasteiger partial charge in [-0.25, -0.2) is 12.7 Å². The zero-order valence-electron chi connectivity index (χ0n) is 12.6. The molecule has 1 rings (SSSR count). The molecule has 0 saturated heterocycles. The van der Waals surface area contributed by atoms with E-state index >= 15 is 0 Å². The summed E-state index contributed by atoms with van der Waals surface area (Å²) in [6.07, 6.45) is 0.738. The number of methoxy groups -OCH3 is 1. The average molecular weight is 314 g/mol. The SMILES string of the molecule is CCC(N)c1cccc(S(=O)(=O)N(C)CCC(=O)OC)c1. The third-order valence-corrected chi connectivity index (χ3v) is 5.15. The van der Waals surface area contributed by atoms with Gasteiger partial charge in [-0.3, -0.25) is 4.79 Å². The number of sulfonamides is 1. The van der Waals surface area contributed by atoms with Gasteiger partial charge in [-0.15, -0.1) is 0 Å². The van der Waals surface area contributed by atoms with Gasteiger partial charge in [0, 0.05) is 19.6 Å². The van der Waals surface area contributed by atoms with Crippen molar-refractivity contribution >= 4 is 16.0 Å². The van der Waals surface area contributed by atoms with Crippen molar-refractivity contribution in [1.29, 1.82) is 0 Å². The van der Waals surface area contributed by atoms with Crippen LogP contribution in [0.25, 0.3) is 0 Å². The molecule has 0 aliphatic heterocycles. The Hall–Kier alpha value is -1.44. The zero-order chi connectivity index (χ0) is 16.0. The molecule has 1 unspecified atom stereocenters. The minimum Gasteiger partial charge on any atom is -0.469 e. The molecule has 1 aromatic rings. The second-order valence-electron chi connectivity index (χ2n) is 4.74. The fraction of sp³-hybridized carbons (Fsp3) is 0.500. The normalized spacial score (nSPS) is 13.2. The Balaban J connectivity index is 2.94. The van der Waals surface area contributed by atoms with Crippen LogP contribution in [0.2, 0.25) is 0 Å². The molecule has 6 nitrogen and oxygen atoms in total. The van der Waals surface area contributed by atoms with Crippen LogP contribution in [-0.4, -0.2) is 39.4 Å². The highest BCUT2D eigenvalue weighted by atomic mass is 32.2. The van der Waals surface area contributed by atoms with Crippen LogP contribution in [0.4, 0.5) is 0 Å². The Morgan fingerprint density at radius 1 is 1.43 bits per heavy atom. The lowest BCUT2D eigenvalue weighted by atomic mass is 10.1. The lowest BCUT2D eigenvalue weighted by Crippen LogP contribution is -2.29. The molecule has 0 amide bonds. The van der Waals surface area contributed by atoms with Gasteiger partial charge < -0.3 is 10.5 Å². The number of hydrogen-bond acceptors (Lipinski definition) is 5. The molecule has 7 heteroatoms. The largest absolute Gasteiger partial charge is 0.469 e. The Kier molecular flexibility index (Phi) is 6.32. The van der Waals surface area contributed by atoms with Gasteiger partial charge in [-0.05, 0) is 24.1 Å². The summed E-state index contributed by atoms with van der Waals surface area (Å²) in [5.74, 6) is -0.446. The molecule has 1 aromatic carbocycles. The van der Waals surface area contributed by atoms with Crippen LogP contribution in [-0.2, 0) is 19.6 Å². The van der Waals surface area contributed by atoms with Crippen LogP contribution in [0.15, 0.2) is 29.2 Å². The second kappa shape index (κ2) is 7.53. The van der Waals surface area contributed by atoms with Crippen LogP contribution in [0, 0.1) is 0 Å². The molecule has 0 aliphatic carbocycles. The van der Waals surface area contributed by atoms with Gasteiger partial charge >= 0.3 is 5.97 Å². The molecule has 0 aliphatic rings. The molecule has 0 bridgehead atoms. The lowest BCUT2D eigenvalue weighted by Gasteiger charge is -2.18. The maximum Gasteiger partial charge on any atom is 0.306 e. The smallest absolute Gasteiger partial charge is 0.306 e. The summed E-state index contributed by atoms with van der Waals surface area (Å²) in [5, 5.41) is 0. The molecule has 2 N–H and O–H groups in total. The van der Waals surface area contributed by atoms with Crippen molar-refractivity contribution in [1.82, 2.24) is 4.31 Å². The van der Waals surface area contributed by atoms with Crippen molar-refractivity contribution in [3.63, 3.8) is 0 Å². The van der Waals surface area contributed by atoms with E-state index in [1.54, 1.807) is 12.1 Å². The monoisotopic (exact) mass is 314 g/mol. The van der Waals surface area contributed by atoms with E-state index < -0.39 is 16.0 Å².